The molecule has 0 atom stereocenters. The lowest BCUT2D eigenvalue weighted by Gasteiger charge is -2.35. The number of anilines is 1. The third kappa shape index (κ3) is 4.45. The first-order chi connectivity index (χ1) is 13.5. The molecule has 29 heavy (non-hydrogen) atoms. The number of methoxy groups -OCH3 is 1. The van der Waals surface area contributed by atoms with Crippen LogP contribution in [0, 0.1) is 13.8 Å². The molecule has 158 valence electrons. The van der Waals surface area contributed by atoms with E-state index in [1.807, 2.05) is 0 Å². The molecule has 7 nitrogen and oxygen atoms in total. The predicted octanol–water partition coefficient (Wildman–Crippen LogP) is 2.63. The lowest BCUT2D eigenvalue weighted by molar-refractivity contribution is -0.141. The second kappa shape index (κ2) is 7.79. The highest BCUT2D eigenvalue weighted by Crippen LogP contribution is 2.30. The Hall–Kier alpha value is -2.40. The van der Waals surface area contributed by atoms with Gasteiger partial charge in [0, 0.05) is 32.2 Å². The van der Waals surface area contributed by atoms with Gasteiger partial charge in [-0.1, -0.05) is 0 Å². The van der Waals surface area contributed by atoms with Crippen LogP contribution >= 0.6 is 0 Å². The van der Waals surface area contributed by atoms with Crippen molar-refractivity contribution in [1.29, 1.82) is 0 Å². The summed E-state index contributed by atoms with van der Waals surface area (Å²) in [5.74, 6) is 0.745. The quantitative estimate of drug-likeness (QED) is 0.742. The summed E-state index contributed by atoms with van der Waals surface area (Å²) in [6, 6.07) is 5.52. The summed E-state index contributed by atoms with van der Waals surface area (Å²) in [6.45, 7) is 3.87. The first kappa shape index (κ1) is 21.3. The zero-order chi connectivity index (χ0) is 21.4. The maximum Gasteiger partial charge on any atom is 0.433 e. The lowest BCUT2D eigenvalue weighted by Crippen LogP contribution is -2.49. The molecule has 0 bridgehead atoms. The number of benzene rings is 1. The molecule has 3 rings (SSSR count). The fraction of sp³-hybridized carbons (Fsp3) is 0.444. The highest BCUT2D eigenvalue weighted by Gasteiger charge is 2.35. The number of ether oxygens (including phenoxy) is 1. The summed E-state index contributed by atoms with van der Waals surface area (Å²) in [7, 11) is -2.21. The van der Waals surface area contributed by atoms with Crippen molar-refractivity contribution >= 4 is 15.8 Å². The molecule has 2 aromatic rings. The van der Waals surface area contributed by atoms with E-state index in [2.05, 4.69) is 9.97 Å². The number of alkyl halides is 3. The largest absolute Gasteiger partial charge is 0.496 e. The number of nitrogens with zero attached hydrogens (tertiary/aromatic N) is 4. The van der Waals surface area contributed by atoms with Gasteiger partial charge < -0.3 is 9.64 Å². The zero-order valence-electron chi connectivity index (χ0n) is 16.2. The Morgan fingerprint density at radius 2 is 1.69 bits per heavy atom. The van der Waals surface area contributed by atoms with Crippen LogP contribution in [0.3, 0.4) is 0 Å². The van der Waals surface area contributed by atoms with Gasteiger partial charge in [0.05, 0.1) is 12.0 Å². The van der Waals surface area contributed by atoms with E-state index in [0.29, 0.717) is 11.3 Å². The number of rotatable bonds is 4. The SMILES string of the molecule is COc1ccc(S(=O)(=O)N2CCN(c3cc(C(F)(F)F)nc(C)n3)CC2)cc1C. The van der Waals surface area contributed by atoms with Crippen LogP contribution in [0.2, 0.25) is 0 Å². The van der Waals surface area contributed by atoms with E-state index in [1.54, 1.807) is 24.0 Å². The van der Waals surface area contributed by atoms with Crippen LogP contribution in [0.1, 0.15) is 17.1 Å². The van der Waals surface area contributed by atoms with E-state index in [1.165, 1.54) is 24.4 Å². The van der Waals surface area contributed by atoms with Crippen LogP contribution < -0.4 is 9.64 Å². The van der Waals surface area contributed by atoms with Crippen molar-refractivity contribution in [2.24, 2.45) is 0 Å². The number of sulfonamides is 1. The van der Waals surface area contributed by atoms with Crippen molar-refractivity contribution in [3.05, 3.63) is 41.3 Å². The van der Waals surface area contributed by atoms with Crippen LogP contribution in [0.4, 0.5) is 19.0 Å². The van der Waals surface area contributed by atoms with Gasteiger partial charge in [-0.05, 0) is 37.6 Å². The van der Waals surface area contributed by atoms with E-state index in [-0.39, 0.29) is 42.7 Å². The molecular formula is C18H21F3N4O3S. The van der Waals surface area contributed by atoms with E-state index >= 15 is 0 Å². The van der Waals surface area contributed by atoms with Gasteiger partial charge in [0.1, 0.15) is 23.1 Å². The van der Waals surface area contributed by atoms with Crippen molar-refractivity contribution in [2.45, 2.75) is 24.9 Å². The summed E-state index contributed by atoms with van der Waals surface area (Å²) in [4.78, 5) is 9.31. The number of aryl methyl sites for hydroxylation is 2. The Balaban J connectivity index is 1.77. The normalized spacial score (nSPS) is 16.1. The Morgan fingerprint density at radius 1 is 1.03 bits per heavy atom. The Bertz CT molecular complexity index is 1000. The number of hydrogen-bond acceptors (Lipinski definition) is 6. The third-order valence-electron chi connectivity index (χ3n) is 4.68. The molecule has 0 unspecified atom stereocenters. The fourth-order valence-corrected chi connectivity index (χ4v) is 4.69. The topological polar surface area (TPSA) is 75.6 Å². The summed E-state index contributed by atoms with van der Waals surface area (Å²) >= 11 is 0. The van der Waals surface area contributed by atoms with Gasteiger partial charge in [-0.3, -0.25) is 0 Å². The van der Waals surface area contributed by atoms with Crippen LogP contribution in [0.5, 0.6) is 5.75 Å². The van der Waals surface area contributed by atoms with Gasteiger partial charge in [-0.2, -0.15) is 17.5 Å². The number of halogens is 3. The van der Waals surface area contributed by atoms with Crippen LogP contribution in [-0.2, 0) is 16.2 Å². The molecule has 0 amide bonds. The minimum atomic E-state index is -4.57. The zero-order valence-corrected chi connectivity index (χ0v) is 17.0. The molecule has 1 aliphatic rings. The third-order valence-corrected chi connectivity index (χ3v) is 6.58. The molecule has 0 radical (unpaired) electrons. The van der Waals surface area contributed by atoms with Crippen molar-refractivity contribution in [3.8, 4) is 5.75 Å². The summed E-state index contributed by atoms with van der Waals surface area (Å²) < 4.78 is 71.3. The molecule has 0 saturated carbocycles. The highest BCUT2D eigenvalue weighted by atomic mass is 32.2. The van der Waals surface area contributed by atoms with Gasteiger partial charge in [-0.15, -0.1) is 0 Å². The maximum atomic E-state index is 13.0. The minimum Gasteiger partial charge on any atom is -0.496 e. The summed E-state index contributed by atoms with van der Waals surface area (Å²) in [6.07, 6.45) is -4.57. The minimum absolute atomic E-state index is 0.0126. The smallest absolute Gasteiger partial charge is 0.433 e. The standard InChI is InChI=1S/C18H21F3N4O3S/c1-12-10-14(4-5-15(12)28-3)29(26,27)25-8-6-24(7-9-25)17-11-16(18(19,20)21)22-13(2)23-17/h4-5,10-11H,6-9H2,1-3H3. The molecular weight excluding hydrogens is 409 g/mol. The predicted molar refractivity (Wildman–Crippen MR) is 100 cm³/mol. The molecule has 1 aliphatic heterocycles. The van der Waals surface area contributed by atoms with E-state index in [4.69, 9.17) is 4.74 Å². The van der Waals surface area contributed by atoms with Crippen molar-refractivity contribution < 1.29 is 26.3 Å². The van der Waals surface area contributed by atoms with E-state index in [9.17, 15) is 21.6 Å². The van der Waals surface area contributed by atoms with Gasteiger partial charge in [-0.25, -0.2) is 18.4 Å². The molecule has 11 heteroatoms. The van der Waals surface area contributed by atoms with E-state index < -0.39 is 21.9 Å². The number of aromatic nitrogens is 2. The second-order valence-electron chi connectivity index (χ2n) is 6.68. The van der Waals surface area contributed by atoms with Gasteiger partial charge in [0.15, 0.2) is 0 Å². The summed E-state index contributed by atoms with van der Waals surface area (Å²) in [5, 5.41) is 0. The maximum absolute atomic E-state index is 13.0. The number of hydrogen-bond donors (Lipinski definition) is 0. The van der Waals surface area contributed by atoms with Crippen molar-refractivity contribution in [1.82, 2.24) is 14.3 Å². The van der Waals surface area contributed by atoms with Crippen molar-refractivity contribution in [3.63, 3.8) is 0 Å². The van der Waals surface area contributed by atoms with Crippen molar-refractivity contribution in [2.75, 3.05) is 38.2 Å². The molecule has 2 heterocycles. The molecule has 0 N–H and O–H groups in total. The van der Waals surface area contributed by atoms with Crippen LogP contribution in [0.15, 0.2) is 29.2 Å². The Morgan fingerprint density at radius 3 is 2.24 bits per heavy atom. The molecule has 1 fully saturated rings. The van der Waals surface area contributed by atoms with Crippen LogP contribution in [0.25, 0.3) is 0 Å². The average Bonchev–Trinajstić information content (AvgIpc) is 2.67. The molecule has 1 aromatic carbocycles. The highest BCUT2D eigenvalue weighted by molar-refractivity contribution is 7.89. The van der Waals surface area contributed by atoms with E-state index in [0.717, 1.165) is 6.07 Å². The number of piperazine rings is 1. The first-order valence-electron chi connectivity index (χ1n) is 8.85. The fourth-order valence-electron chi connectivity index (χ4n) is 3.18. The Labute approximate surface area is 167 Å². The first-order valence-corrected chi connectivity index (χ1v) is 10.3. The molecule has 1 saturated heterocycles. The average molecular weight is 430 g/mol. The molecule has 0 aliphatic carbocycles. The summed E-state index contributed by atoms with van der Waals surface area (Å²) in [5.41, 5.74) is -0.313. The second-order valence-corrected chi connectivity index (χ2v) is 8.62. The molecule has 0 spiro atoms. The molecule has 1 aromatic heterocycles. The van der Waals surface area contributed by atoms with Gasteiger partial charge in [0.25, 0.3) is 0 Å². The van der Waals surface area contributed by atoms with Crippen LogP contribution in [-0.4, -0.2) is 56.0 Å². The Kier molecular flexibility index (Phi) is 5.72. The lowest BCUT2D eigenvalue weighted by atomic mass is 10.2. The van der Waals surface area contributed by atoms with Gasteiger partial charge in [0.2, 0.25) is 10.0 Å². The monoisotopic (exact) mass is 430 g/mol. The van der Waals surface area contributed by atoms with Gasteiger partial charge >= 0.3 is 6.18 Å².